The minimum Gasteiger partial charge on any atom is -0.493 e. The summed E-state index contributed by atoms with van der Waals surface area (Å²) in [5.41, 5.74) is 2.81. The summed E-state index contributed by atoms with van der Waals surface area (Å²) in [6.45, 7) is 3.43. The molecular formula is C20H26N2O4. The zero-order valence-electron chi connectivity index (χ0n) is 15.2. The van der Waals surface area contributed by atoms with Crippen molar-refractivity contribution in [1.82, 2.24) is 5.32 Å². The summed E-state index contributed by atoms with van der Waals surface area (Å²) in [6.07, 6.45) is 0.717. The summed E-state index contributed by atoms with van der Waals surface area (Å²) in [4.78, 5) is 12.1. The van der Waals surface area contributed by atoms with Gasteiger partial charge in [-0.2, -0.15) is 0 Å². The SMILES string of the molecule is COc1cc(CNCCCO)ccc1OCC(=O)Nc1ccccc1C. The molecule has 0 aliphatic carbocycles. The number of hydrogen-bond donors (Lipinski definition) is 3. The van der Waals surface area contributed by atoms with E-state index in [1.54, 1.807) is 13.2 Å². The monoisotopic (exact) mass is 358 g/mol. The molecule has 0 saturated heterocycles. The number of para-hydroxylation sites is 1. The van der Waals surface area contributed by atoms with Crippen molar-refractivity contribution in [1.29, 1.82) is 0 Å². The number of rotatable bonds is 10. The third kappa shape index (κ3) is 6.06. The number of carbonyl (C=O) groups is 1. The fourth-order valence-corrected chi connectivity index (χ4v) is 2.42. The highest BCUT2D eigenvalue weighted by atomic mass is 16.5. The standard InChI is InChI=1S/C20H26N2O4/c1-15-6-3-4-7-17(15)22-20(24)14-26-18-9-8-16(12-19(18)25-2)13-21-10-5-11-23/h3-4,6-9,12,21,23H,5,10-11,13-14H2,1-2H3,(H,22,24). The van der Waals surface area contributed by atoms with Crippen LogP contribution in [0.2, 0.25) is 0 Å². The van der Waals surface area contributed by atoms with Gasteiger partial charge in [-0.15, -0.1) is 0 Å². The first-order valence-electron chi connectivity index (χ1n) is 8.61. The Balaban J connectivity index is 1.90. The second-order valence-electron chi connectivity index (χ2n) is 5.89. The zero-order chi connectivity index (χ0) is 18.8. The van der Waals surface area contributed by atoms with Gasteiger partial charge in [0.25, 0.3) is 5.91 Å². The van der Waals surface area contributed by atoms with Crippen molar-refractivity contribution in [3.8, 4) is 11.5 Å². The summed E-state index contributed by atoms with van der Waals surface area (Å²) in [5, 5.41) is 14.9. The number of hydrogen-bond acceptors (Lipinski definition) is 5. The van der Waals surface area contributed by atoms with E-state index in [9.17, 15) is 4.79 Å². The molecule has 0 heterocycles. The lowest BCUT2D eigenvalue weighted by molar-refractivity contribution is -0.118. The summed E-state index contributed by atoms with van der Waals surface area (Å²) in [6, 6.07) is 13.2. The Labute approximate surface area is 154 Å². The Kier molecular flexibility index (Phi) is 7.92. The van der Waals surface area contributed by atoms with E-state index in [1.807, 2.05) is 43.3 Å². The van der Waals surface area contributed by atoms with Crippen LogP contribution in [-0.2, 0) is 11.3 Å². The van der Waals surface area contributed by atoms with Crippen molar-refractivity contribution in [2.45, 2.75) is 19.9 Å². The number of aliphatic hydroxyl groups is 1. The molecule has 6 nitrogen and oxygen atoms in total. The van der Waals surface area contributed by atoms with Gasteiger partial charge in [-0.25, -0.2) is 0 Å². The third-order valence-corrected chi connectivity index (χ3v) is 3.85. The molecule has 0 spiro atoms. The molecule has 0 fully saturated rings. The Morgan fingerprint density at radius 2 is 1.96 bits per heavy atom. The largest absolute Gasteiger partial charge is 0.493 e. The first-order valence-corrected chi connectivity index (χ1v) is 8.61. The van der Waals surface area contributed by atoms with Gasteiger partial charge in [0, 0.05) is 18.8 Å². The van der Waals surface area contributed by atoms with Crippen molar-refractivity contribution in [3.05, 3.63) is 53.6 Å². The van der Waals surface area contributed by atoms with Crippen LogP contribution in [0.3, 0.4) is 0 Å². The molecule has 2 aromatic carbocycles. The second kappa shape index (κ2) is 10.4. The number of anilines is 1. The van der Waals surface area contributed by atoms with Gasteiger partial charge in [-0.05, 0) is 49.2 Å². The Hall–Kier alpha value is -2.57. The number of amides is 1. The number of ether oxygens (including phenoxy) is 2. The maximum Gasteiger partial charge on any atom is 0.262 e. The molecule has 2 aromatic rings. The van der Waals surface area contributed by atoms with E-state index in [4.69, 9.17) is 14.6 Å². The average molecular weight is 358 g/mol. The minimum absolute atomic E-state index is 0.0984. The maximum atomic E-state index is 12.1. The van der Waals surface area contributed by atoms with Gasteiger partial charge in [-0.3, -0.25) is 4.79 Å². The summed E-state index contributed by atoms with van der Waals surface area (Å²) in [5.74, 6) is 0.873. The normalized spacial score (nSPS) is 10.4. The van der Waals surface area contributed by atoms with Gasteiger partial charge >= 0.3 is 0 Å². The molecule has 0 saturated carbocycles. The molecule has 140 valence electrons. The predicted molar refractivity (Wildman–Crippen MR) is 102 cm³/mol. The quantitative estimate of drug-likeness (QED) is 0.569. The van der Waals surface area contributed by atoms with Crippen molar-refractivity contribution in [2.24, 2.45) is 0 Å². The van der Waals surface area contributed by atoms with Crippen LogP contribution >= 0.6 is 0 Å². The van der Waals surface area contributed by atoms with Gasteiger partial charge in [0.15, 0.2) is 18.1 Å². The molecule has 1 amide bonds. The molecular weight excluding hydrogens is 332 g/mol. The zero-order valence-corrected chi connectivity index (χ0v) is 15.2. The molecule has 0 bridgehead atoms. The first-order chi connectivity index (χ1) is 12.6. The van der Waals surface area contributed by atoms with E-state index in [0.717, 1.165) is 23.4 Å². The van der Waals surface area contributed by atoms with Crippen molar-refractivity contribution >= 4 is 11.6 Å². The van der Waals surface area contributed by atoms with E-state index >= 15 is 0 Å². The van der Waals surface area contributed by atoms with Crippen molar-refractivity contribution in [2.75, 3.05) is 32.2 Å². The average Bonchev–Trinajstić information content (AvgIpc) is 2.65. The van der Waals surface area contributed by atoms with Crippen LogP contribution in [0.4, 0.5) is 5.69 Å². The number of benzene rings is 2. The Morgan fingerprint density at radius 1 is 1.15 bits per heavy atom. The first kappa shape index (κ1) is 19.8. The fourth-order valence-electron chi connectivity index (χ4n) is 2.42. The number of carbonyl (C=O) groups excluding carboxylic acids is 1. The van der Waals surface area contributed by atoms with Crippen molar-refractivity contribution < 1.29 is 19.4 Å². The highest BCUT2D eigenvalue weighted by Crippen LogP contribution is 2.28. The lowest BCUT2D eigenvalue weighted by atomic mass is 10.2. The summed E-state index contributed by atoms with van der Waals surface area (Å²) >= 11 is 0. The fraction of sp³-hybridized carbons (Fsp3) is 0.350. The number of aliphatic hydroxyl groups excluding tert-OH is 1. The molecule has 0 aromatic heterocycles. The minimum atomic E-state index is -0.226. The highest BCUT2D eigenvalue weighted by molar-refractivity contribution is 5.92. The number of nitrogens with one attached hydrogen (secondary N) is 2. The van der Waals surface area contributed by atoms with Crippen LogP contribution in [0.1, 0.15) is 17.5 Å². The van der Waals surface area contributed by atoms with E-state index in [1.165, 1.54) is 0 Å². The van der Waals surface area contributed by atoms with Crippen LogP contribution in [0.5, 0.6) is 11.5 Å². The van der Waals surface area contributed by atoms with E-state index < -0.39 is 0 Å². The lowest BCUT2D eigenvalue weighted by Gasteiger charge is -2.13. The van der Waals surface area contributed by atoms with Gasteiger partial charge in [-0.1, -0.05) is 24.3 Å². The van der Waals surface area contributed by atoms with E-state index in [0.29, 0.717) is 24.5 Å². The summed E-state index contributed by atoms with van der Waals surface area (Å²) < 4.78 is 11.0. The summed E-state index contributed by atoms with van der Waals surface area (Å²) in [7, 11) is 1.57. The van der Waals surface area contributed by atoms with Gasteiger partial charge < -0.3 is 25.2 Å². The van der Waals surface area contributed by atoms with Gasteiger partial charge in [0.05, 0.1) is 7.11 Å². The smallest absolute Gasteiger partial charge is 0.262 e. The van der Waals surface area contributed by atoms with Crippen LogP contribution < -0.4 is 20.1 Å². The molecule has 0 atom stereocenters. The molecule has 2 rings (SSSR count). The molecule has 6 heteroatoms. The lowest BCUT2D eigenvalue weighted by Crippen LogP contribution is -2.21. The molecule has 0 aliphatic rings. The van der Waals surface area contributed by atoms with Gasteiger partial charge in [0.2, 0.25) is 0 Å². The van der Waals surface area contributed by atoms with Gasteiger partial charge in [0.1, 0.15) is 0 Å². The Morgan fingerprint density at radius 3 is 2.69 bits per heavy atom. The molecule has 0 unspecified atom stereocenters. The van der Waals surface area contributed by atoms with Crippen LogP contribution in [0.25, 0.3) is 0 Å². The van der Waals surface area contributed by atoms with E-state index in [2.05, 4.69) is 10.6 Å². The third-order valence-electron chi connectivity index (χ3n) is 3.85. The predicted octanol–water partition coefficient (Wildman–Crippen LogP) is 2.49. The van der Waals surface area contributed by atoms with E-state index in [-0.39, 0.29) is 19.1 Å². The molecule has 26 heavy (non-hydrogen) atoms. The molecule has 0 radical (unpaired) electrons. The van der Waals surface area contributed by atoms with Crippen LogP contribution in [0, 0.1) is 6.92 Å². The number of methoxy groups -OCH3 is 1. The Bertz CT molecular complexity index is 719. The maximum absolute atomic E-state index is 12.1. The highest BCUT2D eigenvalue weighted by Gasteiger charge is 2.10. The topological polar surface area (TPSA) is 79.8 Å². The molecule has 3 N–H and O–H groups in total. The van der Waals surface area contributed by atoms with Crippen LogP contribution in [-0.4, -0.2) is 37.9 Å². The van der Waals surface area contributed by atoms with Crippen LogP contribution in [0.15, 0.2) is 42.5 Å². The number of aryl methyl sites for hydroxylation is 1. The van der Waals surface area contributed by atoms with Crippen molar-refractivity contribution in [3.63, 3.8) is 0 Å². The molecule has 0 aliphatic heterocycles. The second-order valence-corrected chi connectivity index (χ2v) is 5.89.